The lowest BCUT2D eigenvalue weighted by molar-refractivity contribution is 0.185. The van der Waals surface area contributed by atoms with Crippen molar-refractivity contribution in [1.29, 1.82) is 0 Å². The van der Waals surface area contributed by atoms with Crippen molar-refractivity contribution in [2.75, 3.05) is 23.5 Å². The molecule has 0 aliphatic carbocycles. The van der Waals surface area contributed by atoms with Gasteiger partial charge >= 0.3 is 6.03 Å². The normalized spacial score (nSPS) is 10.9. The van der Waals surface area contributed by atoms with E-state index in [9.17, 15) is 4.79 Å². The molecule has 4 rings (SSSR count). The number of hydrogen-bond donors (Lipinski definition) is 3. The zero-order chi connectivity index (χ0) is 21.1. The first kappa shape index (κ1) is 19.3. The lowest BCUT2D eigenvalue weighted by Gasteiger charge is -2.09. The SMILES string of the molecule is COCc1cn2ncnc(N)c2c1-c1ccc(NC(=O)Nc2cccc(C)n2)cc1. The first-order chi connectivity index (χ1) is 14.5. The van der Waals surface area contributed by atoms with Gasteiger partial charge in [-0.2, -0.15) is 5.10 Å². The summed E-state index contributed by atoms with van der Waals surface area (Å²) >= 11 is 0. The molecule has 0 atom stereocenters. The van der Waals surface area contributed by atoms with E-state index in [2.05, 4.69) is 25.7 Å². The smallest absolute Gasteiger partial charge is 0.324 e. The second-order valence-corrected chi connectivity index (χ2v) is 6.72. The molecule has 0 bridgehead atoms. The van der Waals surface area contributed by atoms with E-state index in [0.29, 0.717) is 29.4 Å². The third-order valence-electron chi connectivity index (χ3n) is 4.54. The standard InChI is InChI=1S/C21H21N7O2/c1-13-4-3-5-17(25-13)27-21(29)26-16-8-6-14(7-9-16)18-15(11-30-2)10-28-19(18)20(22)23-12-24-28/h3-10,12H,11H2,1-2H3,(H2,22,23,24)(H2,25,26,27,29). The van der Waals surface area contributed by atoms with E-state index >= 15 is 0 Å². The molecule has 0 saturated carbocycles. The van der Waals surface area contributed by atoms with E-state index in [1.54, 1.807) is 17.7 Å². The van der Waals surface area contributed by atoms with Gasteiger partial charge in [0.15, 0.2) is 5.82 Å². The number of hydrogen-bond acceptors (Lipinski definition) is 6. The first-order valence-corrected chi connectivity index (χ1v) is 9.27. The molecule has 0 radical (unpaired) electrons. The summed E-state index contributed by atoms with van der Waals surface area (Å²) in [6.07, 6.45) is 3.29. The average molecular weight is 403 g/mol. The Hall–Kier alpha value is -3.98. The topological polar surface area (TPSA) is 119 Å². The summed E-state index contributed by atoms with van der Waals surface area (Å²) in [4.78, 5) is 20.6. The lowest BCUT2D eigenvalue weighted by Crippen LogP contribution is -2.20. The maximum atomic E-state index is 12.3. The van der Waals surface area contributed by atoms with Gasteiger partial charge in [-0.1, -0.05) is 18.2 Å². The summed E-state index contributed by atoms with van der Waals surface area (Å²) < 4.78 is 7.02. The number of aryl methyl sites for hydroxylation is 1. The predicted octanol–water partition coefficient (Wildman–Crippen LogP) is 3.47. The molecule has 3 aromatic heterocycles. The zero-order valence-corrected chi connectivity index (χ0v) is 16.6. The highest BCUT2D eigenvalue weighted by atomic mass is 16.5. The molecule has 9 nitrogen and oxygen atoms in total. The Morgan fingerprint density at radius 2 is 1.97 bits per heavy atom. The second kappa shape index (κ2) is 8.18. The van der Waals surface area contributed by atoms with E-state index in [4.69, 9.17) is 10.5 Å². The monoisotopic (exact) mass is 403 g/mol. The quantitative estimate of drug-likeness (QED) is 0.469. The van der Waals surface area contributed by atoms with Crippen LogP contribution < -0.4 is 16.4 Å². The Bertz CT molecular complexity index is 1200. The number of anilines is 3. The Balaban J connectivity index is 1.58. The Kier molecular flexibility index (Phi) is 5.27. The zero-order valence-electron chi connectivity index (χ0n) is 16.6. The number of fused-ring (bicyclic) bond motifs is 1. The molecule has 3 heterocycles. The van der Waals surface area contributed by atoms with Crippen molar-refractivity contribution in [2.45, 2.75) is 13.5 Å². The molecule has 30 heavy (non-hydrogen) atoms. The van der Waals surface area contributed by atoms with E-state index < -0.39 is 0 Å². The number of benzene rings is 1. The number of amides is 2. The van der Waals surface area contributed by atoms with Crippen LogP contribution in [-0.4, -0.2) is 32.7 Å². The highest BCUT2D eigenvalue weighted by Crippen LogP contribution is 2.33. The Morgan fingerprint density at radius 1 is 1.17 bits per heavy atom. The molecule has 152 valence electrons. The summed E-state index contributed by atoms with van der Waals surface area (Å²) in [6.45, 7) is 2.27. The van der Waals surface area contributed by atoms with Gasteiger partial charge in [0.05, 0.1) is 6.61 Å². The molecule has 0 saturated heterocycles. The number of ether oxygens (including phenoxy) is 1. The molecule has 0 aliphatic heterocycles. The number of methoxy groups -OCH3 is 1. The number of rotatable bonds is 5. The highest BCUT2D eigenvalue weighted by Gasteiger charge is 2.16. The number of nitrogens with one attached hydrogen (secondary N) is 2. The minimum absolute atomic E-state index is 0.368. The van der Waals surface area contributed by atoms with Gasteiger partial charge in [-0.05, 0) is 36.8 Å². The van der Waals surface area contributed by atoms with E-state index in [0.717, 1.165) is 22.4 Å². The van der Waals surface area contributed by atoms with E-state index in [1.807, 2.05) is 49.5 Å². The molecule has 2 amide bonds. The highest BCUT2D eigenvalue weighted by molar-refractivity contribution is 5.99. The van der Waals surface area contributed by atoms with Crippen molar-refractivity contribution >= 4 is 28.9 Å². The lowest BCUT2D eigenvalue weighted by atomic mass is 10.0. The Labute approximate surface area is 172 Å². The van der Waals surface area contributed by atoms with Crippen LogP contribution in [0.25, 0.3) is 16.6 Å². The van der Waals surface area contributed by atoms with Gasteiger partial charge < -0.3 is 15.8 Å². The number of aromatic nitrogens is 4. The van der Waals surface area contributed by atoms with Gasteiger partial charge in [-0.25, -0.2) is 19.3 Å². The maximum Gasteiger partial charge on any atom is 0.324 e. The van der Waals surface area contributed by atoms with Crippen molar-refractivity contribution in [3.63, 3.8) is 0 Å². The van der Waals surface area contributed by atoms with Crippen LogP contribution in [0.1, 0.15) is 11.3 Å². The summed E-state index contributed by atoms with van der Waals surface area (Å²) in [5, 5.41) is 9.75. The number of pyridine rings is 1. The fourth-order valence-corrected chi connectivity index (χ4v) is 3.28. The van der Waals surface area contributed by atoms with Gasteiger partial charge in [-0.3, -0.25) is 5.32 Å². The van der Waals surface area contributed by atoms with Gasteiger partial charge in [0, 0.05) is 35.8 Å². The van der Waals surface area contributed by atoms with Crippen molar-refractivity contribution in [3.05, 3.63) is 66.2 Å². The third-order valence-corrected chi connectivity index (χ3v) is 4.54. The van der Waals surface area contributed by atoms with Crippen molar-refractivity contribution in [1.82, 2.24) is 19.6 Å². The molecule has 0 fully saturated rings. The van der Waals surface area contributed by atoms with Crippen molar-refractivity contribution < 1.29 is 9.53 Å². The predicted molar refractivity (Wildman–Crippen MR) is 115 cm³/mol. The van der Waals surface area contributed by atoms with Crippen LogP contribution in [0.3, 0.4) is 0 Å². The third kappa shape index (κ3) is 3.91. The molecule has 4 aromatic rings. The van der Waals surface area contributed by atoms with E-state index in [-0.39, 0.29) is 6.03 Å². The molecule has 0 unspecified atom stereocenters. The average Bonchev–Trinajstić information content (AvgIpc) is 3.08. The summed E-state index contributed by atoms with van der Waals surface area (Å²) in [5.41, 5.74) is 11.0. The molecule has 0 aliphatic rings. The summed E-state index contributed by atoms with van der Waals surface area (Å²) in [5.74, 6) is 0.874. The molecule has 4 N–H and O–H groups in total. The van der Waals surface area contributed by atoms with Crippen molar-refractivity contribution in [2.24, 2.45) is 0 Å². The number of carbonyl (C=O) groups is 1. The van der Waals surface area contributed by atoms with Crippen LogP contribution in [-0.2, 0) is 11.3 Å². The van der Waals surface area contributed by atoms with Crippen LogP contribution in [0.5, 0.6) is 0 Å². The van der Waals surface area contributed by atoms with Gasteiger partial charge in [0.2, 0.25) is 0 Å². The van der Waals surface area contributed by atoms with Crippen LogP contribution in [0, 0.1) is 6.92 Å². The van der Waals surface area contributed by atoms with Crippen molar-refractivity contribution in [3.8, 4) is 11.1 Å². The van der Waals surface area contributed by atoms with Gasteiger partial charge in [-0.15, -0.1) is 0 Å². The van der Waals surface area contributed by atoms with Crippen LogP contribution in [0.2, 0.25) is 0 Å². The minimum Gasteiger partial charge on any atom is -0.382 e. The fourth-order valence-electron chi connectivity index (χ4n) is 3.28. The van der Waals surface area contributed by atoms with E-state index in [1.165, 1.54) is 6.33 Å². The second-order valence-electron chi connectivity index (χ2n) is 6.72. The largest absolute Gasteiger partial charge is 0.382 e. The molecular formula is C21H21N7O2. The number of urea groups is 1. The van der Waals surface area contributed by atoms with Crippen LogP contribution in [0.15, 0.2) is 55.0 Å². The first-order valence-electron chi connectivity index (χ1n) is 9.27. The number of nitrogens with two attached hydrogens (primary N) is 1. The molecule has 0 spiro atoms. The molecule has 1 aromatic carbocycles. The number of carbonyl (C=O) groups excluding carboxylic acids is 1. The summed E-state index contributed by atoms with van der Waals surface area (Å²) in [7, 11) is 1.63. The van der Waals surface area contributed by atoms with Crippen LogP contribution in [0.4, 0.5) is 22.1 Å². The molecule has 9 heteroatoms. The maximum absolute atomic E-state index is 12.3. The molecular weight excluding hydrogens is 382 g/mol. The van der Waals surface area contributed by atoms with Crippen LogP contribution >= 0.6 is 0 Å². The minimum atomic E-state index is -0.368. The number of nitrogens with zero attached hydrogens (tertiary/aromatic N) is 4. The summed E-state index contributed by atoms with van der Waals surface area (Å²) in [6, 6.07) is 12.5. The van der Waals surface area contributed by atoms with Gasteiger partial charge in [0.1, 0.15) is 17.7 Å². The van der Waals surface area contributed by atoms with Gasteiger partial charge in [0.25, 0.3) is 0 Å². The number of nitrogen functional groups attached to an aromatic ring is 1. The Morgan fingerprint density at radius 3 is 2.70 bits per heavy atom. The fraction of sp³-hybridized carbons (Fsp3) is 0.143.